The minimum absolute atomic E-state index is 0.171. The van der Waals surface area contributed by atoms with Crippen molar-refractivity contribution in [2.45, 2.75) is 43.9 Å². The number of alkyl halides is 2. The van der Waals surface area contributed by atoms with E-state index in [0.717, 1.165) is 10.5 Å². The fourth-order valence-electron chi connectivity index (χ4n) is 4.23. The Balaban J connectivity index is 1.51. The molecule has 0 aliphatic carbocycles. The van der Waals surface area contributed by atoms with Crippen LogP contribution in [0.1, 0.15) is 35.2 Å². The first-order valence-electron chi connectivity index (χ1n) is 10.5. The van der Waals surface area contributed by atoms with Gasteiger partial charge in [-0.25, -0.2) is 8.78 Å². The predicted octanol–water partition coefficient (Wildman–Crippen LogP) is 3.63. The number of carbonyl (C=O) groups excluding carboxylic acids is 2. The average molecular weight is 439 g/mol. The Morgan fingerprint density at radius 2 is 1.91 bits per heavy atom. The van der Waals surface area contributed by atoms with E-state index in [9.17, 15) is 23.6 Å². The maximum absolute atomic E-state index is 14.3. The summed E-state index contributed by atoms with van der Waals surface area (Å²) in [5, 5.41) is 9.26. The normalized spacial score (nSPS) is 21.9. The molecule has 2 amide bonds. The molecule has 2 saturated heterocycles. The molecule has 0 bridgehead atoms. The van der Waals surface area contributed by atoms with Crippen molar-refractivity contribution < 1.29 is 23.1 Å². The van der Waals surface area contributed by atoms with E-state index >= 15 is 0 Å². The number of rotatable bonds is 5. The third kappa shape index (κ3) is 4.57. The lowest BCUT2D eigenvalue weighted by Crippen LogP contribution is -2.49. The number of likely N-dealkylation sites (tertiary alicyclic amines) is 2. The van der Waals surface area contributed by atoms with Gasteiger partial charge in [0.05, 0.1) is 12.6 Å². The lowest BCUT2D eigenvalue weighted by Gasteiger charge is -2.28. The van der Waals surface area contributed by atoms with Crippen LogP contribution in [0.15, 0.2) is 54.6 Å². The standard InChI is InChI=1S/C24H23F2N3O3/c25-24(26)13-21(23(31)28-11-5-9-19(28)14-27)29(16-24)22(30)18-8-4-10-20(12-18)32-15-17-6-2-1-3-7-17/h1-4,6-8,10,12,19,21H,5,9,11,13,15-16H2/t19?,21-/m0/s1. The van der Waals surface area contributed by atoms with Crippen LogP contribution in [0.2, 0.25) is 0 Å². The largest absolute Gasteiger partial charge is 0.489 e. The molecule has 32 heavy (non-hydrogen) atoms. The van der Waals surface area contributed by atoms with Crippen molar-refractivity contribution >= 4 is 11.8 Å². The molecule has 2 aromatic carbocycles. The van der Waals surface area contributed by atoms with Crippen molar-refractivity contribution in [3.8, 4) is 11.8 Å². The highest BCUT2D eigenvalue weighted by atomic mass is 19.3. The summed E-state index contributed by atoms with van der Waals surface area (Å²) in [5.41, 5.74) is 1.12. The molecule has 0 spiro atoms. The van der Waals surface area contributed by atoms with E-state index in [2.05, 4.69) is 0 Å². The van der Waals surface area contributed by atoms with Gasteiger partial charge in [0, 0.05) is 18.5 Å². The van der Waals surface area contributed by atoms with Gasteiger partial charge in [-0.3, -0.25) is 9.59 Å². The van der Waals surface area contributed by atoms with E-state index in [0.29, 0.717) is 31.7 Å². The molecule has 2 heterocycles. The van der Waals surface area contributed by atoms with Gasteiger partial charge in [0.15, 0.2) is 0 Å². The summed E-state index contributed by atoms with van der Waals surface area (Å²) in [6.45, 7) is -0.196. The number of ether oxygens (including phenoxy) is 1. The van der Waals surface area contributed by atoms with E-state index in [1.54, 1.807) is 12.1 Å². The molecular formula is C24H23F2N3O3. The predicted molar refractivity (Wildman–Crippen MR) is 112 cm³/mol. The Kier molecular flexibility index (Phi) is 6.08. The quantitative estimate of drug-likeness (QED) is 0.713. The molecule has 0 saturated carbocycles. The van der Waals surface area contributed by atoms with Gasteiger partial charge in [-0.05, 0) is 36.6 Å². The van der Waals surface area contributed by atoms with Gasteiger partial charge in [-0.2, -0.15) is 5.26 Å². The molecule has 2 aliphatic rings. The van der Waals surface area contributed by atoms with Crippen molar-refractivity contribution in [3.63, 3.8) is 0 Å². The maximum atomic E-state index is 14.3. The number of hydrogen-bond acceptors (Lipinski definition) is 4. The molecule has 2 aliphatic heterocycles. The smallest absolute Gasteiger partial charge is 0.267 e. The zero-order valence-corrected chi connectivity index (χ0v) is 17.4. The molecule has 0 radical (unpaired) electrons. The summed E-state index contributed by atoms with van der Waals surface area (Å²) >= 11 is 0. The van der Waals surface area contributed by atoms with Gasteiger partial charge in [-0.1, -0.05) is 36.4 Å². The Hall–Kier alpha value is -3.47. The van der Waals surface area contributed by atoms with E-state index in [1.165, 1.54) is 17.0 Å². The lowest BCUT2D eigenvalue weighted by atomic mass is 10.1. The van der Waals surface area contributed by atoms with Gasteiger partial charge in [-0.15, -0.1) is 0 Å². The summed E-state index contributed by atoms with van der Waals surface area (Å²) in [7, 11) is 0. The second-order valence-corrected chi connectivity index (χ2v) is 8.13. The first kappa shape index (κ1) is 21.8. The topological polar surface area (TPSA) is 73.6 Å². The first-order chi connectivity index (χ1) is 15.4. The van der Waals surface area contributed by atoms with Crippen LogP contribution in [0, 0.1) is 11.3 Å². The van der Waals surface area contributed by atoms with Gasteiger partial charge < -0.3 is 14.5 Å². The van der Waals surface area contributed by atoms with E-state index < -0.39 is 42.8 Å². The molecule has 0 N–H and O–H groups in total. The van der Waals surface area contributed by atoms with Crippen molar-refractivity contribution in [3.05, 3.63) is 65.7 Å². The Labute approximate surface area is 185 Å². The van der Waals surface area contributed by atoms with E-state index in [-0.39, 0.29) is 5.56 Å². The minimum atomic E-state index is -3.17. The van der Waals surface area contributed by atoms with Crippen molar-refractivity contribution in [2.75, 3.05) is 13.1 Å². The SMILES string of the molecule is N#CC1CCCN1C(=O)[C@@H]1CC(F)(F)CN1C(=O)c1cccc(OCc2ccccc2)c1. The van der Waals surface area contributed by atoms with Gasteiger partial charge >= 0.3 is 0 Å². The molecule has 6 nitrogen and oxygen atoms in total. The third-order valence-corrected chi connectivity index (χ3v) is 5.83. The number of nitriles is 1. The van der Waals surface area contributed by atoms with E-state index in [4.69, 9.17) is 4.74 Å². The molecular weight excluding hydrogens is 416 g/mol. The zero-order chi connectivity index (χ0) is 22.7. The van der Waals surface area contributed by atoms with Crippen molar-refractivity contribution in [1.29, 1.82) is 5.26 Å². The van der Waals surface area contributed by atoms with Crippen LogP contribution in [0.5, 0.6) is 5.75 Å². The van der Waals surface area contributed by atoms with Crippen LogP contribution >= 0.6 is 0 Å². The highest BCUT2D eigenvalue weighted by molar-refractivity contribution is 5.98. The summed E-state index contributed by atoms with van der Waals surface area (Å²) in [5.74, 6) is -3.98. The minimum Gasteiger partial charge on any atom is -0.489 e. The number of halogens is 2. The molecule has 4 rings (SSSR count). The van der Waals surface area contributed by atoms with Crippen LogP contribution < -0.4 is 4.74 Å². The highest BCUT2D eigenvalue weighted by Crippen LogP contribution is 2.35. The first-order valence-corrected chi connectivity index (χ1v) is 10.5. The van der Waals surface area contributed by atoms with Crippen LogP contribution in [0.25, 0.3) is 0 Å². The van der Waals surface area contributed by atoms with Crippen LogP contribution in [0.4, 0.5) is 8.78 Å². The zero-order valence-electron chi connectivity index (χ0n) is 17.4. The Bertz CT molecular complexity index is 1040. The summed E-state index contributed by atoms with van der Waals surface area (Å²) in [4.78, 5) is 28.4. The average Bonchev–Trinajstić information content (AvgIpc) is 3.41. The number of nitrogens with zero attached hydrogens (tertiary/aromatic N) is 3. The highest BCUT2D eigenvalue weighted by Gasteiger charge is 2.52. The monoisotopic (exact) mass is 439 g/mol. The number of amides is 2. The van der Waals surface area contributed by atoms with Crippen molar-refractivity contribution in [1.82, 2.24) is 9.80 Å². The van der Waals surface area contributed by atoms with Gasteiger partial charge in [0.2, 0.25) is 5.91 Å². The molecule has 8 heteroatoms. The van der Waals surface area contributed by atoms with E-state index in [1.807, 2.05) is 36.4 Å². The second kappa shape index (κ2) is 8.95. The van der Waals surface area contributed by atoms with Crippen molar-refractivity contribution in [2.24, 2.45) is 0 Å². The Morgan fingerprint density at radius 3 is 2.66 bits per heavy atom. The third-order valence-electron chi connectivity index (χ3n) is 5.83. The summed E-state index contributed by atoms with van der Waals surface area (Å²) < 4.78 is 34.3. The number of benzene rings is 2. The van der Waals surface area contributed by atoms with Gasteiger partial charge in [0.1, 0.15) is 24.4 Å². The molecule has 2 aromatic rings. The molecule has 2 fully saturated rings. The number of carbonyl (C=O) groups is 2. The molecule has 2 atom stereocenters. The molecule has 0 aromatic heterocycles. The lowest BCUT2D eigenvalue weighted by molar-refractivity contribution is -0.135. The Morgan fingerprint density at radius 1 is 1.12 bits per heavy atom. The fourth-order valence-corrected chi connectivity index (χ4v) is 4.23. The number of hydrogen-bond donors (Lipinski definition) is 0. The fraction of sp³-hybridized carbons (Fsp3) is 0.375. The van der Waals surface area contributed by atoms with Crippen LogP contribution in [-0.4, -0.2) is 52.7 Å². The van der Waals surface area contributed by atoms with Gasteiger partial charge in [0.25, 0.3) is 11.8 Å². The molecule has 166 valence electrons. The second-order valence-electron chi connectivity index (χ2n) is 8.13. The summed E-state index contributed by atoms with van der Waals surface area (Å²) in [6, 6.07) is 15.9. The van der Waals surface area contributed by atoms with Crippen LogP contribution in [-0.2, 0) is 11.4 Å². The van der Waals surface area contributed by atoms with Crippen LogP contribution in [0.3, 0.4) is 0 Å². The molecule has 1 unspecified atom stereocenters. The summed E-state index contributed by atoms with van der Waals surface area (Å²) in [6.07, 6.45) is 0.415. The maximum Gasteiger partial charge on any atom is 0.267 e.